The van der Waals surface area contributed by atoms with E-state index in [4.69, 9.17) is 19.9 Å². The SMILES string of the molecule is COc1cc(OC)c(-c2cc(C)c(CN)c(=O)[nH]2)cc1OC. The van der Waals surface area contributed by atoms with Gasteiger partial charge in [-0.15, -0.1) is 0 Å². The molecule has 0 atom stereocenters. The molecule has 0 aliphatic rings. The first-order valence-electron chi connectivity index (χ1n) is 6.79. The summed E-state index contributed by atoms with van der Waals surface area (Å²) in [4.78, 5) is 14.9. The smallest absolute Gasteiger partial charge is 0.253 e. The topological polar surface area (TPSA) is 86.6 Å². The fourth-order valence-corrected chi connectivity index (χ4v) is 2.36. The predicted octanol–water partition coefficient (Wildman–Crippen LogP) is 1.83. The Hall–Kier alpha value is -2.47. The first-order valence-corrected chi connectivity index (χ1v) is 6.79. The zero-order chi connectivity index (χ0) is 16.3. The molecule has 1 aromatic heterocycles. The number of rotatable bonds is 5. The number of benzene rings is 1. The summed E-state index contributed by atoms with van der Waals surface area (Å²) in [6.45, 7) is 2.05. The van der Waals surface area contributed by atoms with Gasteiger partial charge in [0.15, 0.2) is 11.5 Å². The number of H-pyrrole nitrogens is 1. The van der Waals surface area contributed by atoms with Gasteiger partial charge in [-0.05, 0) is 24.6 Å². The van der Waals surface area contributed by atoms with Crippen molar-refractivity contribution in [3.8, 4) is 28.5 Å². The summed E-state index contributed by atoms with van der Waals surface area (Å²) >= 11 is 0. The van der Waals surface area contributed by atoms with Crippen molar-refractivity contribution in [3.63, 3.8) is 0 Å². The van der Waals surface area contributed by atoms with Crippen molar-refractivity contribution in [1.29, 1.82) is 0 Å². The van der Waals surface area contributed by atoms with Crippen molar-refractivity contribution in [2.24, 2.45) is 5.73 Å². The van der Waals surface area contributed by atoms with Crippen LogP contribution in [0, 0.1) is 6.92 Å². The molecule has 1 heterocycles. The average Bonchev–Trinajstić information content (AvgIpc) is 2.53. The van der Waals surface area contributed by atoms with Crippen LogP contribution in [0.4, 0.5) is 0 Å². The Bertz CT molecular complexity index is 738. The second-order valence-corrected chi connectivity index (χ2v) is 4.79. The molecular formula is C16H20N2O4. The quantitative estimate of drug-likeness (QED) is 0.880. The van der Waals surface area contributed by atoms with Crippen LogP contribution in [-0.4, -0.2) is 26.3 Å². The third-order valence-electron chi connectivity index (χ3n) is 3.56. The lowest BCUT2D eigenvalue weighted by Crippen LogP contribution is -2.18. The molecule has 0 radical (unpaired) electrons. The minimum absolute atomic E-state index is 0.199. The van der Waals surface area contributed by atoms with E-state index in [0.29, 0.717) is 34.1 Å². The lowest BCUT2D eigenvalue weighted by Gasteiger charge is -2.15. The highest BCUT2D eigenvalue weighted by molar-refractivity contribution is 5.72. The fraction of sp³-hybridized carbons (Fsp3) is 0.312. The van der Waals surface area contributed by atoms with Gasteiger partial charge in [0, 0.05) is 23.7 Å². The summed E-state index contributed by atoms with van der Waals surface area (Å²) in [5.41, 5.74) is 8.15. The molecular weight excluding hydrogens is 284 g/mol. The van der Waals surface area contributed by atoms with Crippen molar-refractivity contribution >= 4 is 0 Å². The number of ether oxygens (including phenoxy) is 3. The second kappa shape index (κ2) is 6.53. The molecule has 0 fully saturated rings. The average molecular weight is 304 g/mol. The number of aryl methyl sites for hydroxylation is 1. The van der Waals surface area contributed by atoms with E-state index in [1.165, 1.54) is 0 Å². The monoisotopic (exact) mass is 304 g/mol. The Morgan fingerprint density at radius 1 is 1.00 bits per heavy atom. The van der Waals surface area contributed by atoms with Gasteiger partial charge in [-0.25, -0.2) is 0 Å². The van der Waals surface area contributed by atoms with Crippen LogP contribution in [0.25, 0.3) is 11.3 Å². The summed E-state index contributed by atoms with van der Waals surface area (Å²) in [6, 6.07) is 5.36. The number of hydrogen-bond donors (Lipinski definition) is 2. The van der Waals surface area contributed by atoms with Crippen LogP contribution < -0.4 is 25.5 Å². The maximum atomic E-state index is 12.1. The third kappa shape index (κ3) is 2.78. The summed E-state index contributed by atoms with van der Waals surface area (Å²) < 4.78 is 16.0. The standard InChI is InChI=1S/C16H20N2O4/c1-9-5-12(18-16(19)11(9)8-17)10-6-14(21-3)15(22-4)7-13(10)20-2/h5-7H,8,17H2,1-4H3,(H,18,19). The van der Waals surface area contributed by atoms with Crippen LogP contribution in [-0.2, 0) is 6.54 Å². The lowest BCUT2D eigenvalue weighted by atomic mass is 10.0. The van der Waals surface area contributed by atoms with Gasteiger partial charge in [0.1, 0.15) is 5.75 Å². The minimum atomic E-state index is -0.200. The summed E-state index contributed by atoms with van der Waals surface area (Å²) in [5, 5.41) is 0. The number of pyridine rings is 1. The van der Waals surface area contributed by atoms with E-state index in [0.717, 1.165) is 5.56 Å². The Morgan fingerprint density at radius 3 is 2.09 bits per heavy atom. The van der Waals surface area contributed by atoms with Gasteiger partial charge < -0.3 is 24.9 Å². The minimum Gasteiger partial charge on any atom is -0.496 e. The molecule has 0 aliphatic carbocycles. The van der Waals surface area contributed by atoms with E-state index in [9.17, 15) is 4.79 Å². The van der Waals surface area contributed by atoms with E-state index in [2.05, 4.69) is 4.98 Å². The van der Waals surface area contributed by atoms with E-state index in [-0.39, 0.29) is 12.1 Å². The molecule has 6 nitrogen and oxygen atoms in total. The van der Waals surface area contributed by atoms with Gasteiger partial charge in [-0.1, -0.05) is 0 Å². The van der Waals surface area contributed by atoms with Gasteiger partial charge in [0.25, 0.3) is 5.56 Å². The van der Waals surface area contributed by atoms with Crippen LogP contribution in [0.15, 0.2) is 23.0 Å². The zero-order valence-electron chi connectivity index (χ0n) is 13.1. The van der Waals surface area contributed by atoms with Crippen LogP contribution in [0.5, 0.6) is 17.2 Å². The maximum absolute atomic E-state index is 12.1. The molecule has 2 rings (SSSR count). The van der Waals surface area contributed by atoms with Gasteiger partial charge in [-0.3, -0.25) is 4.79 Å². The molecule has 2 aromatic rings. The Morgan fingerprint density at radius 2 is 1.59 bits per heavy atom. The second-order valence-electron chi connectivity index (χ2n) is 4.79. The molecule has 0 unspecified atom stereocenters. The Balaban J connectivity index is 2.68. The molecule has 0 aliphatic heterocycles. The van der Waals surface area contributed by atoms with Crippen LogP contribution in [0.1, 0.15) is 11.1 Å². The summed E-state index contributed by atoms with van der Waals surface area (Å²) in [5.74, 6) is 1.69. The molecule has 0 spiro atoms. The number of nitrogens with two attached hydrogens (primary N) is 1. The van der Waals surface area contributed by atoms with Crippen molar-refractivity contribution in [2.75, 3.05) is 21.3 Å². The number of nitrogens with one attached hydrogen (secondary N) is 1. The fourth-order valence-electron chi connectivity index (χ4n) is 2.36. The van der Waals surface area contributed by atoms with Crippen LogP contribution in [0.3, 0.4) is 0 Å². The summed E-state index contributed by atoms with van der Waals surface area (Å²) in [7, 11) is 4.67. The third-order valence-corrected chi connectivity index (χ3v) is 3.56. The van der Waals surface area contributed by atoms with Gasteiger partial charge in [-0.2, -0.15) is 0 Å². The van der Waals surface area contributed by atoms with E-state index in [1.54, 1.807) is 33.5 Å². The van der Waals surface area contributed by atoms with Crippen molar-refractivity contribution in [3.05, 3.63) is 39.7 Å². The molecule has 0 bridgehead atoms. The molecule has 0 amide bonds. The van der Waals surface area contributed by atoms with Crippen LogP contribution >= 0.6 is 0 Å². The highest BCUT2D eigenvalue weighted by atomic mass is 16.5. The molecule has 22 heavy (non-hydrogen) atoms. The first-order chi connectivity index (χ1) is 10.5. The molecule has 1 aromatic carbocycles. The molecule has 0 saturated carbocycles. The Kier molecular flexibility index (Phi) is 4.72. The van der Waals surface area contributed by atoms with Crippen LogP contribution in [0.2, 0.25) is 0 Å². The number of methoxy groups -OCH3 is 3. The number of aromatic amines is 1. The van der Waals surface area contributed by atoms with Gasteiger partial charge >= 0.3 is 0 Å². The van der Waals surface area contributed by atoms with Crippen molar-refractivity contribution < 1.29 is 14.2 Å². The normalized spacial score (nSPS) is 10.4. The zero-order valence-corrected chi connectivity index (χ0v) is 13.1. The largest absolute Gasteiger partial charge is 0.496 e. The van der Waals surface area contributed by atoms with Gasteiger partial charge in [0.2, 0.25) is 0 Å². The first kappa shape index (κ1) is 15.9. The highest BCUT2D eigenvalue weighted by Crippen LogP contribution is 2.39. The highest BCUT2D eigenvalue weighted by Gasteiger charge is 2.15. The van der Waals surface area contributed by atoms with E-state index >= 15 is 0 Å². The Labute approximate surface area is 128 Å². The number of hydrogen-bond acceptors (Lipinski definition) is 5. The predicted molar refractivity (Wildman–Crippen MR) is 84.8 cm³/mol. The van der Waals surface area contributed by atoms with Crippen molar-refractivity contribution in [1.82, 2.24) is 4.98 Å². The van der Waals surface area contributed by atoms with E-state index < -0.39 is 0 Å². The van der Waals surface area contributed by atoms with Gasteiger partial charge in [0.05, 0.1) is 27.0 Å². The van der Waals surface area contributed by atoms with E-state index in [1.807, 2.05) is 13.0 Å². The molecule has 0 saturated heterocycles. The van der Waals surface area contributed by atoms with Crippen molar-refractivity contribution in [2.45, 2.75) is 13.5 Å². The molecule has 6 heteroatoms. The lowest BCUT2D eigenvalue weighted by molar-refractivity contribution is 0.349. The maximum Gasteiger partial charge on any atom is 0.253 e. The molecule has 3 N–H and O–H groups in total. The summed E-state index contributed by atoms with van der Waals surface area (Å²) in [6.07, 6.45) is 0. The number of aromatic nitrogens is 1. The molecule has 118 valence electrons.